The van der Waals surface area contributed by atoms with Crippen LogP contribution in [0.4, 0.5) is 5.69 Å². The van der Waals surface area contributed by atoms with E-state index >= 15 is 0 Å². The molecule has 0 bridgehead atoms. The van der Waals surface area contributed by atoms with Crippen LogP contribution in [0.5, 0.6) is 5.88 Å². The van der Waals surface area contributed by atoms with Crippen LogP contribution in [0.3, 0.4) is 0 Å². The van der Waals surface area contributed by atoms with Gasteiger partial charge in [-0.05, 0) is 12.1 Å². The standard InChI is InChI=1S/C10H14N2O2/c1-13-7-5-8(6-7)14-10-9(11)3-2-4-12-10/h2-4,7-8H,5-6,11H2,1H3/t7-,8-. The first kappa shape index (κ1) is 9.27. The molecule has 1 heterocycles. The van der Waals surface area contributed by atoms with Crippen LogP contribution in [0.2, 0.25) is 0 Å². The number of nitrogens with two attached hydrogens (primary N) is 1. The van der Waals surface area contributed by atoms with E-state index in [1.165, 1.54) is 0 Å². The minimum Gasteiger partial charge on any atom is -0.473 e. The fraction of sp³-hybridized carbons (Fsp3) is 0.500. The van der Waals surface area contributed by atoms with E-state index in [0.29, 0.717) is 17.7 Å². The van der Waals surface area contributed by atoms with Crippen molar-refractivity contribution in [1.29, 1.82) is 0 Å². The number of ether oxygens (including phenoxy) is 2. The van der Waals surface area contributed by atoms with Gasteiger partial charge in [0.25, 0.3) is 0 Å². The van der Waals surface area contributed by atoms with Crippen molar-refractivity contribution < 1.29 is 9.47 Å². The Hall–Kier alpha value is -1.29. The average molecular weight is 194 g/mol. The molecule has 4 nitrogen and oxygen atoms in total. The highest BCUT2D eigenvalue weighted by molar-refractivity contribution is 5.47. The van der Waals surface area contributed by atoms with Crippen molar-refractivity contribution in [2.45, 2.75) is 25.0 Å². The molecule has 0 radical (unpaired) electrons. The van der Waals surface area contributed by atoms with Crippen LogP contribution in [0.1, 0.15) is 12.8 Å². The second-order valence-corrected chi connectivity index (χ2v) is 3.47. The van der Waals surface area contributed by atoms with Crippen LogP contribution in [0.15, 0.2) is 18.3 Å². The van der Waals surface area contributed by atoms with E-state index in [0.717, 1.165) is 12.8 Å². The summed E-state index contributed by atoms with van der Waals surface area (Å²) in [6, 6.07) is 3.58. The van der Waals surface area contributed by atoms with Crippen molar-refractivity contribution >= 4 is 5.69 Å². The summed E-state index contributed by atoms with van der Waals surface area (Å²) in [6.07, 6.45) is 4.07. The lowest BCUT2D eigenvalue weighted by Crippen LogP contribution is -2.39. The van der Waals surface area contributed by atoms with E-state index in [1.807, 2.05) is 0 Å². The third-order valence-corrected chi connectivity index (χ3v) is 2.46. The van der Waals surface area contributed by atoms with Gasteiger partial charge in [0.1, 0.15) is 6.10 Å². The molecule has 2 rings (SSSR count). The second kappa shape index (κ2) is 3.84. The summed E-state index contributed by atoms with van der Waals surface area (Å²) in [6.45, 7) is 0. The highest BCUT2D eigenvalue weighted by Gasteiger charge is 2.31. The Bertz CT molecular complexity index is 311. The van der Waals surface area contributed by atoms with Gasteiger partial charge in [-0.25, -0.2) is 4.98 Å². The zero-order chi connectivity index (χ0) is 9.97. The Morgan fingerprint density at radius 1 is 1.43 bits per heavy atom. The Labute approximate surface area is 83.0 Å². The Balaban J connectivity index is 1.90. The van der Waals surface area contributed by atoms with E-state index in [-0.39, 0.29) is 6.10 Å². The van der Waals surface area contributed by atoms with Gasteiger partial charge in [0, 0.05) is 26.1 Å². The van der Waals surface area contributed by atoms with Crippen LogP contribution in [-0.4, -0.2) is 24.3 Å². The maximum atomic E-state index is 5.70. The maximum Gasteiger partial charge on any atom is 0.237 e. The van der Waals surface area contributed by atoms with Crippen molar-refractivity contribution in [2.75, 3.05) is 12.8 Å². The van der Waals surface area contributed by atoms with Crippen molar-refractivity contribution in [3.05, 3.63) is 18.3 Å². The van der Waals surface area contributed by atoms with Crippen molar-refractivity contribution in [3.63, 3.8) is 0 Å². The van der Waals surface area contributed by atoms with Gasteiger partial charge in [-0.2, -0.15) is 0 Å². The third-order valence-electron chi connectivity index (χ3n) is 2.46. The molecule has 1 saturated carbocycles. The number of nitrogen functional groups attached to an aromatic ring is 1. The molecule has 1 fully saturated rings. The minimum absolute atomic E-state index is 0.206. The first-order valence-electron chi connectivity index (χ1n) is 4.69. The first-order valence-corrected chi connectivity index (χ1v) is 4.69. The minimum atomic E-state index is 0.206. The van der Waals surface area contributed by atoms with Gasteiger partial charge in [0.15, 0.2) is 0 Å². The summed E-state index contributed by atoms with van der Waals surface area (Å²) in [5, 5.41) is 0. The van der Waals surface area contributed by atoms with Gasteiger partial charge in [-0.15, -0.1) is 0 Å². The molecule has 0 aliphatic heterocycles. The Kier molecular flexibility index (Phi) is 2.54. The van der Waals surface area contributed by atoms with E-state index < -0.39 is 0 Å². The summed E-state index contributed by atoms with van der Waals surface area (Å²) < 4.78 is 10.7. The monoisotopic (exact) mass is 194 g/mol. The van der Waals surface area contributed by atoms with Gasteiger partial charge in [-0.3, -0.25) is 0 Å². The van der Waals surface area contributed by atoms with Crippen molar-refractivity contribution in [1.82, 2.24) is 4.98 Å². The number of aromatic nitrogens is 1. The normalized spacial score (nSPS) is 25.5. The quantitative estimate of drug-likeness (QED) is 0.786. The average Bonchev–Trinajstić information content (AvgIpc) is 2.13. The van der Waals surface area contributed by atoms with Crippen LogP contribution >= 0.6 is 0 Å². The first-order chi connectivity index (χ1) is 6.79. The number of methoxy groups -OCH3 is 1. The van der Waals surface area contributed by atoms with Crippen LogP contribution < -0.4 is 10.5 Å². The summed E-state index contributed by atoms with van der Waals surface area (Å²) in [7, 11) is 1.72. The fourth-order valence-corrected chi connectivity index (χ4v) is 1.47. The Morgan fingerprint density at radius 2 is 2.21 bits per heavy atom. The molecule has 0 aromatic carbocycles. The van der Waals surface area contributed by atoms with Gasteiger partial charge < -0.3 is 15.2 Å². The molecule has 14 heavy (non-hydrogen) atoms. The molecule has 0 atom stereocenters. The number of hydrogen-bond acceptors (Lipinski definition) is 4. The van der Waals surface area contributed by atoms with Gasteiger partial charge in [0.05, 0.1) is 11.8 Å². The molecule has 0 unspecified atom stereocenters. The fourth-order valence-electron chi connectivity index (χ4n) is 1.47. The molecule has 4 heteroatoms. The van der Waals surface area contributed by atoms with E-state index in [4.69, 9.17) is 15.2 Å². The lowest BCUT2D eigenvalue weighted by molar-refractivity contribution is -0.0393. The summed E-state index contributed by atoms with van der Waals surface area (Å²) in [5.41, 5.74) is 6.29. The van der Waals surface area contributed by atoms with Gasteiger partial charge in [0.2, 0.25) is 5.88 Å². The molecule has 2 N–H and O–H groups in total. The molecule has 0 saturated heterocycles. The SMILES string of the molecule is CO[C@H]1C[C@H](Oc2ncccc2N)C1. The summed E-state index contributed by atoms with van der Waals surface area (Å²) in [4.78, 5) is 4.06. The lowest BCUT2D eigenvalue weighted by Gasteiger charge is -2.33. The highest BCUT2D eigenvalue weighted by atomic mass is 16.5. The predicted molar refractivity (Wildman–Crippen MR) is 53.1 cm³/mol. The molecule has 1 aromatic heterocycles. The molecule has 0 spiro atoms. The maximum absolute atomic E-state index is 5.70. The summed E-state index contributed by atoms with van der Waals surface area (Å²) >= 11 is 0. The number of rotatable bonds is 3. The zero-order valence-electron chi connectivity index (χ0n) is 8.14. The van der Waals surface area contributed by atoms with Crippen LogP contribution in [0, 0.1) is 0 Å². The van der Waals surface area contributed by atoms with E-state index in [1.54, 1.807) is 25.4 Å². The molecule has 1 aliphatic carbocycles. The molecule has 1 aliphatic rings. The number of hydrogen-bond donors (Lipinski definition) is 1. The molecule has 1 aromatic rings. The predicted octanol–water partition coefficient (Wildman–Crippen LogP) is 1.22. The van der Waals surface area contributed by atoms with Crippen molar-refractivity contribution in [3.8, 4) is 5.88 Å². The Morgan fingerprint density at radius 3 is 2.86 bits per heavy atom. The number of nitrogens with zero attached hydrogens (tertiary/aromatic N) is 1. The third kappa shape index (κ3) is 1.80. The molecular formula is C10H14N2O2. The molecule has 76 valence electrons. The smallest absolute Gasteiger partial charge is 0.237 e. The van der Waals surface area contributed by atoms with E-state index in [2.05, 4.69) is 4.98 Å². The van der Waals surface area contributed by atoms with Crippen molar-refractivity contribution in [2.24, 2.45) is 0 Å². The van der Waals surface area contributed by atoms with Gasteiger partial charge >= 0.3 is 0 Å². The van der Waals surface area contributed by atoms with Gasteiger partial charge in [-0.1, -0.05) is 0 Å². The molecule has 0 amide bonds. The second-order valence-electron chi connectivity index (χ2n) is 3.47. The molecular weight excluding hydrogens is 180 g/mol. The van der Waals surface area contributed by atoms with Crippen LogP contribution in [-0.2, 0) is 4.74 Å². The number of pyridine rings is 1. The topological polar surface area (TPSA) is 57.4 Å². The highest BCUT2D eigenvalue weighted by Crippen LogP contribution is 2.28. The largest absolute Gasteiger partial charge is 0.473 e. The lowest BCUT2D eigenvalue weighted by atomic mass is 9.92. The van der Waals surface area contributed by atoms with Crippen LogP contribution in [0.25, 0.3) is 0 Å². The van der Waals surface area contributed by atoms with E-state index in [9.17, 15) is 0 Å². The zero-order valence-corrected chi connectivity index (χ0v) is 8.14. The number of anilines is 1. The summed E-state index contributed by atoms with van der Waals surface area (Å²) in [5.74, 6) is 0.534.